The molecule has 1 N–H and O–H groups in total. The van der Waals surface area contributed by atoms with E-state index in [0.29, 0.717) is 29.0 Å². The fourth-order valence-electron chi connectivity index (χ4n) is 2.66. The second-order valence-electron chi connectivity index (χ2n) is 6.25. The first kappa shape index (κ1) is 22.1. The number of non-ortho nitro benzene ring substituents is 1. The van der Waals surface area contributed by atoms with Gasteiger partial charge < -0.3 is 19.4 Å². The molecule has 0 aliphatic rings. The molecule has 0 atom stereocenters. The van der Waals surface area contributed by atoms with Crippen LogP contribution in [-0.2, 0) is 17.9 Å². The summed E-state index contributed by atoms with van der Waals surface area (Å²) in [7, 11) is 1.60. The average molecular weight is 443 g/mol. The van der Waals surface area contributed by atoms with Gasteiger partial charge in [0.1, 0.15) is 18.1 Å². The van der Waals surface area contributed by atoms with Crippen molar-refractivity contribution in [3.8, 4) is 11.5 Å². The molecule has 0 aliphatic heterocycles. The van der Waals surface area contributed by atoms with Gasteiger partial charge in [-0.1, -0.05) is 11.8 Å². The van der Waals surface area contributed by atoms with Crippen molar-refractivity contribution in [3.05, 3.63) is 64.5 Å². The molecular formula is C20H21N5O5S. The monoisotopic (exact) mass is 443 g/mol. The van der Waals surface area contributed by atoms with Crippen molar-refractivity contribution in [3.63, 3.8) is 0 Å². The Bertz CT molecular complexity index is 1040. The van der Waals surface area contributed by atoms with E-state index in [1.54, 1.807) is 7.11 Å². The SMILES string of the molecule is CCn1c(COc2ccc(OC)cc2)nnc1SCC(=O)Nc1ccc([N+](=O)[O-])cc1. The van der Waals surface area contributed by atoms with Gasteiger partial charge in [0.25, 0.3) is 5.69 Å². The number of carbonyl (C=O) groups excluding carboxylic acids is 1. The number of benzene rings is 2. The van der Waals surface area contributed by atoms with Crippen molar-refractivity contribution in [2.24, 2.45) is 0 Å². The Morgan fingerprint density at radius 3 is 2.42 bits per heavy atom. The Hall–Kier alpha value is -3.60. The Morgan fingerprint density at radius 1 is 1.13 bits per heavy atom. The van der Waals surface area contributed by atoms with E-state index in [4.69, 9.17) is 9.47 Å². The van der Waals surface area contributed by atoms with Gasteiger partial charge in [-0.15, -0.1) is 10.2 Å². The van der Waals surface area contributed by atoms with Crippen molar-refractivity contribution < 1.29 is 19.2 Å². The summed E-state index contributed by atoms with van der Waals surface area (Å²) in [6, 6.07) is 12.9. The number of methoxy groups -OCH3 is 1. The predicted molar refractivity (Wildman–Crippen MR) is 115 cm³/mol. The van der Waals surface area contributed by atoms with Crippen LogP contribution in [0.4, 0.5) is 11.4 Å². The zero-order valence-corrected chi connectivity index (χ0v) is 17.8. The summed E-state index contributed by atoms with van der Waals surface area (Å²) in [5.74, 6) is 1.95. The standard InChI is InChI=1S/C20H21N5O5S/c1-3-24-18(12-30-17-10-8-16(29-2)9-11-17)22-23-20(24)31-13-19(26)21-14-4-6-15(7-5-14)25(27)28/h4-11H,3,12-13H2,1-2H3,(H,21,26). The first-order chi connectivity index (χ1) is 15.0. The van der Waals surface area contributed by atoms with E-state index in [2.05, 4.69) is 15.5 Å². The number of carbonyl (C=O) groups is 1. The van der Waals surface area contributed by atoms with Crippen molar-refractivity contribution in [1.29, 1.82) is 0 Å². The fourth-order valence-corrected chi connectivity index (χ4v) is 3.48. The number of aromatic nitrogens is 3. The number of nitro groups is 1. The van der Waals surface area contributed by atoms with E-state index < -0.39 is 4.92 Å². The average Bonchev–Trinajstić information content (AvgIpc) is 3.18. The van der Waals surface area contributed by atoms with Gasteiger partial charge in [0, 0.05) is 24.4 Å². The van der Waals surface area contributed by atoms with Crippen molar-refractivity contribution in [2.45, 2.75) is 25.2 Å². The summed E-state index contributed by atoms with van der Waals surface area (Å²) < 4.78 is 12.8. The van der Waals surface area contributed by atoms with Gasteiger partial charge in [0.2, 0.25) is 5.91 Å². The van der Waals surface area contributed by atoms with Gasteiger partial charge in [-0.2, -0.15) is 0 Å². The molecule has 0 radical (unpaired) electrons. The first-order valence-electron chi connectivity index (χ1n) is 9.36. The van der Waals surface area contributed by atoms with E-state index in [1.807, 2.05) is 35.8 Å². The van der Waals surface area contributed by atoms with Crippen LogP contribution < -0.4 is 14.8 Å². The Balaban J connectivity index is 1.54. The maximum atomic E-state index is 12.2. The molecule has 1 heterocycles. The van der Waals surface area contributed by atoms with Crippen LogP contribution in [0.15, 0.2) is 53.7 Å². The van der Waals surface area contributed by atoms with E-state index in [9.17, 15) is 14.9 Å². The van der Waals surface area contributed by atoms with E-state index in [-0.39, 0.29) is 24.0 Å². The highest BCUT2D eigenvalue weighted by molar-refractivity contribution is 7.99. The van der Waals surface area contributed by atoms with Crippen LogP contribution >= 0.6 is 11.8 Å². The number of nitrogens with one attached hydrogen (secondary N) is 1. The van der Waals surface area contributed by atoms with Crippen LogP contribution in [0.25, 0.3) is 0 Å². The van der Waals surface area contributed by atoms with Crippen molar-refractivity contribution >= 4 is 29.0 Å². The fraction of sp³-hybridized carbons (Fsp3) is 0.250. The molecule has 0 fully saturated rings. The summed E-state index contributed by atoms with van der Waals surface area (Å²) in [5, 5.41) is 22.3. The minimum Gasteiger partial charge on any atom is -0.497 e. The number of rotatable bonds is 10. The molecule has 3 aromatic rings. The van der Waals surface area contributed by atoms with Crippen LogP contribution in [0.2, 0.25) is 0 Å². The maximum Gasteiger partial charge on any atom is 0.269 e. The lowest BCUT2D eigenvalue weighted by atomic mass is 10.3. The quantitative estimate of drug-likeness (QED) is 0.287. The molecule has 0 aliphatic carbocycles. The molecule has 10 nitrogen and oxygen atoms in total. The predicted octanol–water partition coefficient (Wildman–Crippen LogP) is 3.52. The third-order valence-corrected chi connectivity index (χ3v) is 5.20. The second kappa shape index (κ2) is 10.4. The van der Waals surface area contributed by atoms with Crippen molar-refractivity contribution in [1.82, 2.24) is 14.8 Å². The summed E-state index contributed by atoms with van der Waals surface area (Å²) in [4.78, 5) is 22.4. The van der Waals surface area contributed by atoms with Gasteiger partial charge >= 0.3 is 0 Å². The topological polar surface area (TPSA) is 121 Å². The van der Waals surface area contributed by atoms with Gasteiger partial charge in [-0.3, -0.25) is 14.9 Å². The highest BCUT2D eigenvalue weighted by Crippen LogP contribution is 2.21. The highest BCUT2D eigenvalue weighted by Gasteiger charge is 2.14. The lowest BCUT2D eigenvalue weighted by molar-refractivity contribution is -0.384. The summed E-state index contributed by atoms with van der Waals surface area (Å²) in [5.41, 5.74) is 0.453. The molecular weight excluding hydrogens is 422 g/mol. The molecule has 162 valence electrons. The van der Waals surface area contributed by atoms with Gasteiger partial charge in [-0.25, -0.2) is 0 Å². The highest BCUT2D eigenvalue weighted by atomic mass is 32.2. The number of thioether (sulfide) groups is 1. The minimum absolute atomic E-state index is 0.0344. The van der Waals surface area contributed by atoms with Crippen molar-refractivity contribution in [2.75, 3.05) is 18.2 Å². The largest absolute Gasteiger partial charge is 0.497 e. The van der Waals surface area contributed by atoms with Crippen LogP contribution in [0.3, 0.4) is 0 Å². The van der Waals surface area contributed by atoms with Crippen LogP contribution in [0.1, 0.15) is 12.7 Å². The molecule has 0 bridgehead atoms. The minimum atomic E-state index is -0.491. The number of hydrogen-bond donors (Lipinski definition) is 1. The third-order valence-electron chi connectivity index (χ3n) is 4.23. The molecule has 0 spiro atoms. The number of ether oxygens (including phenoxy) is 2. The molecule has 1 amide bonds. The van der Waals surface area contributed by atoms with E-state index in [1.165, 1.54) is 36.0 Å². The zero-order chi connectivity index (χ0) is 22.2. The molecule has 31 heavy (non-hydrogen) atoms. The number of nitrogens with zero attached hydrogens (tertiary/aromatic N) is 4. The van der Waals surface area contributed by atoms with Crippen LogP contribution in [0, 0.1) is 10.1 Å². The molecule has 0 unspecified atom stereocenters. The smallest absolute Gasteiger partial charge is 0.269 e. The summed E-state index contributed by atoms with van der Waals surface area (Å²) in [6.07, 6.45) is 0. The molecule has 0 saturated carbocycles. The van der Waals surface area contributed by atoms with E-state index in [0.717, 1.165) is 5.75 Å². The second-order valence-corrected chi connectivity index (χ2v) is 7.19. The third kappa shape index (κ3) is 5.95. The Morgan fingerprint density at radius 2 is 1.81 bits per heavy atom. The van der Waals surface area contributed by atoms with Crippen LogP contribution in [-0.4, -0.2) is 38.5 Å². The summed E-state index contributed by atoms with van der Waals surface area (Å²) in [6.45, 7) is 2.82. The Labute approximate surface area is 182 Å². The summed E-state index contributed by atoms with van der Waals surface area (Å²) >= 11 is 1.25. The Kier molecular flexibility index (Phi) is 7.44. The molecule has 0 saturated heterocycles. The lowest BCUT2D eigenvalue weighted by Crippen LogP contribution is -2.15. The van der Waals surface area contributed by atoms with Crippen LogP contribution in [0.5, 0.6) is 11.5 Å². The lowest BCUT2D eigenvalue weighted by Gasteiger charge is -2.09. The van der Waals surface area contributed by atoms with E-state index >= 15 is 0 Å². The zero-order valence-electron chi connectivity index (χ0n) is 17.0. The first-order valence-corrected chi connectivity index (χ1v) is 10.3. The molecule has 3 rings (SSSR count). The number of hydrogen-bond acceptors (Lipinski definition) is 8. The van der Waals surface area contributed by atoms with Gasteiger partial charge in [0.15, 0.2) is 11.0 Å². The molecule has 11 heteroatoms. The number of amides is 1. The molecule has 2 aromatic carbocycles. The normalized spacial score (nSPS) is 10.5. The molecule has 1 aromatic heterocycles. The number of anilines is 1. The maximum absolute atomic E-state index is 12.2. The van der Waals surface area contributed by atoms with Gasteiger partial charge in [-0.05, 0) is 43.3 Å². The number of nitro benzene ring substituents is 1. The van der Waals surface area contributed by atoms with Gasteiger partial charge in [0.05, 0.1) is 17.8 Å².